The van der Waals surface area contributed by atoms with Gasteiger partial charge in [-0.05, 0) is 18.9 Å². The number of fused-ring (bicyclic) bond motifs is 1. The van der Waals surface area contributed by atoms with E-state index in [4.69, 9.17) is 5.26 Å². The average Bonchev–Trinajstić information content (AvgIpc) is 2.90. The summed E-state index contributed by atoms with van der Waals surface area (Å²) in [5.41, 5.74) is 0.589. The van der Waals surface area contributed by atoms with Gasteiger partial charge in [-0.15, -0.1) is 0 Å². The summed E-state index contributed by atoms with van der Waals surface area (Å²) in [6.45, 7) is 0.640. The molecule has 1 saturated carbocycles. The maximum atomic E-state index is 12.1. The maximum absolute atomic E-state index is 12.1. The Morgan fingerprint density at radius 3 is 3.00 bits per heavy atom. The lowest BCUT2D eigenvalue weighted by atomic mass is 10.0. The second-order valence-corrected chi connectivity index (χ2v) is 4.73. The maximum Gasteiger partial charge on any atom is 0.276 e. The van der Waals surface area contributed by atoms with Crippen molar-refractivity contribution >= 4 is 5.52 Å². The van der Waals surface area contributed by atoms with Gasteiger partial charge in [-0.3, -0.25) is 4.79 Å². The van der Waals surface area contributed by atoms with Gasteiger partial charge in [-0.1, -0.05) is 0 Å². The van der Waals surface area contributed by atoms with E-state index in [-0.39, 0.29) is 11.0 Å². The molecule has 17 heavy (non-hydrogen) atoms. The number of nitrogens with zero attached hydrogens (tertiary/aromatic N) is 4. The van der Waals surface area contributed by atoms with Crippen LogP contribution in [0.1, 0.15) is 19.3 Å². The van der Waals surface area contributed by atoms with Gasteiger partial charge in [-0.25, -0.2) is 4.52 Å². The molecule has 0 saturated heterocycles. The molecule has 1 aliphatic carbocycles. The van der Waals surface area contributed by atoms with Crippen molar-refractivity contribution in [1.29, 1.82) is 5.26 Å². The first kappa shape index (κ1) is 10.1. The van der Waals surface area contributed by atoms with Crippen LogP contribution in [-0.4, -0.2) is 14.2 Å². The van der Waals surface area contributed by atoms with E-state index in [0.29, 0.717) is 18.5 Å². The van der Waals surface area contributed by atoms with Crippen LogP contribution in [0.3, 0.4) is 0 Å². The Morgan fingerprint density at radius 1 is 1.47 bits per heavy atom. The van der Waals surface area contributed by atoms with Crippen LogP contribution >= 0.6 is 0 Å². The third-order valence-electron chi connectivity index (χ3n) is 3.46. The minimum atomic E-state index is -0.0331. The quantitative estimate of drug-likeness (QED) is 0.792. The third kappa shape index (κ3) is 1.62. The fraction of sp³-hybridized carbons (Fsp3) is 0.417. The molecule has 2 aromatic rings. The molecule has 5 nitrogen and oxygen atoms in total. The zero-order valence-corrected chi connectivity index (χ0v) is 9.33. The van der Waals surface area contributed by atoms with E-state index in [1.807, 2.05) is 0 Å². The predicted molar refractivity (Wildman–Crippen MR) is 61.3 cm³/mol. The third-order valence-corrected chi connectivity index (χ3v) is 3.46. The molecule has 0 bridgehead atoms. The number of rotatable bonds is 3. The van der Waals surface area contributed by atoms with Crippen LogP contribution in [0.25, 0.3) is 5.52 Å². The highest BCUT2D eigenvalue weighted by atomic mass is 16.1. The molecule has 0 atom stereocenters. The first-order valence-corrected chi connectivity index (χ1v) is 5.64. The van der Waals surface area contributed by atoms with Crippen molar-refractivity contribution < 1.29 is 0 Å². The number of hydrogen-bond donors (Lipinski definition) is 0. The number of nitriles is 1. The first-order valence-electron chi connectivity index (χ1n) is 5.64. The summed E-state index contributed by atoms with van der Waals surface area (Å²) in [6, 6.07) is 3.92. The highest BCUT2D eigenvalue weighted by Gasteiger charge is 2.42. The Bertz CT molecular complexity index is 657. The SMILES string of the molecule is N#CCC1(Cn2ccn3nccc3c2=O)CC1. The number of aromatic nitrogens is 3. The molecule has 0 spiro atoms. The molecule has 0 aromatic carbocycles. The van der Waals surface area contributed by atoms with E-state index < -0.39 is 0 Å². The van der Waals surface area contributed by atoms with Gasteiger partial charge in [0.1, 0.15) is 5.52 Å². The van der Waals surface area contributed by atoms with Crippen molar-refractivity contribution in [2.45, 2.75) is 25.8 Å². The molecule has 0 unspecified atom stereocenters. The summed E-state index contributed by atoms with van der Waals surface area (Å²) in [7, 11) is 0. The minimum Gasteiger partial charge on any atom is -0.312 e. The van der Waals surface area contributed by atoms with E-state index in [9.17, 15) is 4.79 Å². The van der Waals surface area contributed by atoms with E-state index in [1.165, 1.54) is 0 Å². The minimum absolute atomic E-state index is 0.0331. The van der Waals surface area contributed by atoms with Gasteiger partial charge in [0.15, 0.2) is 0 Å². The smallest absolute Gasteiger partial charge is 0.276 e. The van der Waals surface area contributed by atoms with E-state index in [0.717, 1.165) is 12.8 Å². The van der Waals surface area contributed by atoms with Gasteiger partial charge >= 0.3 is 0 Å². The van der Waals surface area contributed by atoms with Crippen molar-refractivity contribution in [3.8, 4) is 6.07 Å². The summed E-state index contributed by atoms with van der Waals surface area (Å²) in [5, 5.41) is 12.8. The van der Waals surface area contributed by atoms with Gasteiger partial charge < -0.3 is 4.57 Å². The molecule has 86 valence electrons. The fourth-order valence-corrected chi connectivity index (χ4v) is 2.18. The summed E-state index contributed by atoms with van der Waals surface area (Å²) in [4.78, 5) is 12.1. The molecule has 3 rings (SSSR count). The topological polar surface area (TPSA) is 63.1 Å². The molecule has 2 heterocycles. The van der Waals surface area contributed by atoms with E-state index in [1.54, 1.807) is 33.7 Å². The molecule has 5 heteroatoms. The molecule has 0 N–H and O–H groups in total. The van der Waals surface area contributed by atoms with Crippen LogP contribution in [0.2, 0.25) is 0 Å². The zero-order chi connectivity index (χ0) is 11.9. The Morgan fingerprint density at radius 2 is 2.29 bits per heavy atom. The van der Waals surface area contributed by atoms with Crippen molar-refractivity contribution in [2.24, 2.45) is 5.41 Å². The monoisotopic (exact) mass is 228 g/mol. The van der Waals surface area contributed by atoms with Crippen LogP contribution in [-0.2, 0) is 6.54 Å². The van der Waals surface area contributed by atoms with E-state index in [2.05, 4.69) is 11.2 Å². The predicted octanol–water partition coefficient (Wildman–Crippen LogP) is 1.19. The van der Waals surface area contributed by atoms with Crippen molar-refractivity contribution in [1.82, 2.24) is 14.2 Å². The van der Waals surface area contributed by atoms with Gasteiger partial charge in [0.05, 0.1) is 12.3 Å². The van der Waals surface area contributed by atoms with Gasteiger partial charge in [0.25, 0.3) is 5.56 Å². The molecule has 1 fully saturated rings. The molecule has 0 radical (unpaired) electrons. The lowest BCUT2D eigenvalue weighted by Crippen LogP contribution is -2.25. The first-order chi connectivity index (χ1) is 8.24. The Kier molecular flexibility index (Phi) is 2.05. The van der Waals surface area contributed by atoms with Crippen LogP contribution < -0.4 is 5.56 Å². The Hall–Kier alpha value is -2.09. The normalized spacial score (nSPS) is 16.9. The molecule has 2 aromatic heterocycles. The van der Waals surface area contributed by atoms with Gasteiger partial charge in [-0.2, -0.15) is 10.4 Å². The second kappa shape index (κ2) is 3.45. The summed E-state index contributed by atoms with van der Waals surface area (Å²) in [5.74, 6) is 0. The van der Waals surface area contributed by atoms with Gasteiger partial charge in [0.2, 0.25) is 0 Å². The van der Waals surface area contributed by atoms with Crippen LogP contribution in [0, 0.1) is 16.7 Å². The Balaban J connectivity index is 1.99. The largest absolute Gasteiger partial charge is 0.312 e. The van der Waals surface area contributed by atoms with Crippen molar-refractivity contribution in [2.75, 3.05) is 0 Å². The molecule has 0 aliphatic heterocycles. The van der Waals surface area contributed by atoms with E-state index >= 15 is 0 Å². The van der Waals surface area contributed by atoms with Crippen LogP contribution in [0.5, 0.6) is 0 Å². The highest BCUT2D eigenvalue weighted by molar-refractivity contribution is 5.42. The van der Waals surface area contributed by atoms with Crippen LogP contribution in [0.4, 0.5) is 0 Å². The fourth-order valence-electron chi connectivity index (χ4n) is 2.18. The molecule has 1 aliphatic rings. The standard InChI is InChI=1S/C12H12N4O/c13-5-4-12(2-3-12)9-15-7-8-16-10(11(15)17)1-6-14-16/h1,6-8H,2-4,9H2. The Labute approximate surface area is 97.9 Å². The molecular weight excluding hydrogens is 216 g/mol. The van der Waals surface area contributed by atoms with Crippen molar-refractivity contribution in [3.05, 3.63) is 35.0 Å². The lowest BCUT2D eigenvalue weighted by Gasteiger charge is -2.13. The average molecular weight is 228 g/mol. The van der Waals surface area contributed by atoms with Gasteiger partial charge in [0, 0.05) is 30.8 Å². The summed E-state index contributed by atoms with van der Waals surface area (Å²) < 4.78 is 3.27. The second-order valence-electron chi connectivity index (χ2n) is 4.73. The lowest BCUT2D eigenvalue weighted by molar-refractivity contribution is 0.423. The zero-order valence-electron chi connectivity index (χ0n) is 9.33. The molecular formula is C12H12N4O. The summed E-state index contributed by atoms with van der Waals surface area (Å²) in [6.07, 6.45) is 7.75. The highest BCUT2D eigenvalue weighted by Crippen LogP contribution is 2.49. The molecule has 0 amide bonds. The number of hydrogen-bond acceptors (Lipinski definition) is 3. The van der Waals surface area contributed by atoms with Crippen molar-refractivity contribution in [3.63, 3.8) is 0 Å². The summed E-state index contributed by atoms with van der Waals surface area (Å²) >= 11 is 0. The van der Waals surface area contributed by atoms with Crippen LogP contribution in [0.15, 0.2) is 29.5 Å².